The summed E-state index contributed by atoms with van der Waals surface area (Å²) in [6.45, 7) is 5.48. The van der Waals surface area contributed by atoms with Gasteiger partial charge in [-0.25, -0.2) is 4.99 Å². The Kier molecular flexibility index (Phi) is 3.96. The molecule has 2 N–H and O–H groups in total. The number of amidine groups is 1. The highest BCUT2D eigenvalue weighted by molar-refractivity contribution is 6.31. The van der Waals surface area contributed by atoms with Gasteiger partial charge in [-0.3, -0.25) is 0 Å². The van der Waals surface area contributed by atoms with E-state index in [0.717, 1.165) is 6.07 Å². The van der Waals surface area contributed by atoms with Crippen molar-refractivity contribution in [2.24, 2.45) is 16.1 Å². The maximum absolute atomic E-state index is 12.6. The molecule has 0 amide bonds. The number of hydrogen-bond donors (Lipinski definition) is 1. The van der Waals surface area contributed by atoms with Crippen LogP contribution in [0.1, 0.15) is 26.3 Å². The van der Waals surface area contributed by atoms with Crippen LogP contribution in [0.25, 0.3) is 0 Å². The fraction of sp³-hybridized carbons (Fsp3) is 0.417. The zero-order valence-electron chi connectivity index (χ0n) is 10.3. The molecule has 18 heavy (non-hydrogen) atoms. The Balaban J connectivity index is 3.23. The first-order chi connectivity index (χ1) is 8.01. The van der Waals surface area contributed by atoms with Gasteiger partial charge in [0.1, 0.15) is 5.84 Å². The zero-order valence-corrected chi connectivity index (χ0v) is 11.0. The van der Waals surface area contributed by atoms with Gasteiger partial charge in [-0.15, -0.1) is 0 Å². The molecule has 0 saturated carbocycles. The number of benzene rings is 1. The Morgan fingerprint density at radius 3 is 2.22 bits per heavy atom. The highest BCUT2D eigenvalue weighted by Crippen LogP contribution is 2.37. The predicted molar refractivity (Wildman–Crippen MR) is 67.2 cm³/mol. The van der Waals surface area contributed by atoms with Gasteiger partial charge in [-0.2, -0.15) is 13.2 Å². The first-order valence-electron chi connectivity index (χ1n) is 5.23. The number of aliphatic imine (C=N–C) groups is 1. The summed E-state index contributed by atoms with van der Waals surface area (Å²) in [6.07, 6.45) is -4.50. The molecule has 1 aromatic rings. The number of nitrogens with two attached hydrogens (primary N) is 1. The van der Waals surface area contributed by atoms with Crippen LogP contribution in [-0.2, 0) is 6.18 Å². The van der Waals surface area contributed by atoms with Crippen molar-refractivity contribution in [3.8, 4) is 0 Å². The van der Waals surface area contributed by atoms with E-state index in [1.54, 1.807) is 0 Å². The summed E-state index contributed by atoms with van der Waals surface area (Å²) in [4.78, 5) is 3.98. The summed E-state index contributed by atoms with van der Waals surface area (Å²) in [5.41, 5.74) is 4.54. The van der Waals surface area contributed by atoms with Crippen molar-refractivity contribution in [1.82, 2.24) is 0 Å². The molecule has 0 saturated heterocycles. The first-order valence-corrected chi connectivity index (χ1v) is 5.61. The van der Waals surface area contributed by atoms with Crippen LogP contribution in [0, 0.1) is 5.41 Å². The minimum Gasteiger partial charge on any atom is -0.387 e. The molecular formula is C12H14ClF3N2. The van der Waals surface area contributed by atoms with Gasteiger partial charge in [-0.05, 0) is 18.2 Å². The molecule has 0 heterocycles. The van der Waals surface area contributed by atoms with E-state index in [2.05, 4.69) is 4.99 Å². The van der Waals surface area contributed by atoms with E-state index in [1.807, 2.05) is 20.8 Å². The van der Waals surface area contributed by atoms with Gasteiger partial charge in [0.15, 0.2) is 0 Å². The van der Waals surface area contributed by atoms with Gasteiger partial charge in [0, 0.05) is 5.41 Å². The SMILES string of the molecule is CC(C)(C)C(N)=Nc1ccc(Cl)c(C(F)(F)F)c1. The van der Waals surface area contributed by atoms with Crippen LogP contribution < -0.4 is 5.73 Å². The van der Waals surface area contributed by atoms with Gasteiger partial charge >= 0.3 is 6.18 Å². The van der Waals surface area contributed by atoms with Crippen molar-refractivity contribution in [2.45, 2.75) is 26.9 Å². The van der Waals surface area contributed by atoms with E-state index >= 15 is 0 Å². The van der Waals surface area contributed by atoms with E-state index in [9.17, 15) is 13.2 Å². The lowest BCUT2D eigenvalue weighted by Gasteiger charge is -2.17. The lowest BCUT2D eigenvalue weighted by atomic mass is 9.95. The fourth-order valence-corrected chi connectivity index (χ4v) is 1.33. The minimum atomic E-state index is -4.50. The molecule has 1 aromatic carbocycles. The number of nitrogens with zero attached hydrogens (tertiary/aromatic N) is 1. The lowest BCUT2D eigenvalue weighted by molar-refractivity contribution is -0.137. The van der Waals surface area contributed by atoms with E-state index in [1.165, 1.54) is 12.1 Å². The largest absolute Gasteiger partial charge is 0.417 e. The molecule has 0 radical (unpaired) electrons. The normalized spacial score (nSPS) is 13.8. The van der Waals surface area contributed by atoms with Gasteiger partial charge in [-0.1, -0.05) is 32.4 Å². The summed E-state index contributed by atoms with van der Waals surface area (Å²) in [5.74, 6) is 0.262. The minimum absolute atomic E-state index is 0.138. The molecule has 1 rings (SSSR count). The maximum Gasteiger partial charge on any atom is 0.417 e. The number of hydrogen-bond acceptors (Lipinski definition) is 1. The third-order valence-corrected chi connectivity index (χ3v) is 2.60. The molecule has 2 nitrogen and oxygen atoms in total. The van der Waals surface area contributed by atoms with Crippen molar-refractivity contribution < 1.29 is 13.2 Å². The summed E-state index contributed by atoms with van der Waals surface area (Å²) in [6, 6.07) is 3.45. The van der Waals surface area contributed by atoms with Crippen LogP contribution in [0.5, 0.6) is 0 Å². The zero-order chi connectivity index (χ0) is 14.1. The smallest absolute Gasteiger partial charge is 0.387 e. The fourth-order valence-electron chi connectivity index (χ4n) is 1.11. The van der Waals surface area contributed by atoms with Gasteiger partial charge in [0.2, 0.25) is 0 Å². The van der Waals surface area contributed by atoms with Crippen LogP contribution in [0.2, 0.25) is 5.02 Å². The van der Waals surface area contributed by atoms with Gasteiger partial charge in [0.05, 0.1) is 16.3 Å². The van der Waals surface area contributed by atoms with E-state index in [4.69, 9.17) is 17.3 Å². The molecular weight excluding hydrogens is 265 g/mol. The second-order valence-electron chi connectivity index (χ2n) is 4.91. The van der Waals surface area contributed by atoms with Crippen molar-refractivity contribution in [3.05, 3.63) is 28.8 Å². The van der Waals surface area contributed by atoms with Gasteiger partial charge < -0.3 is 5.73 Å². The average Bonchev–Trinajstić information content (AvgIpc) is 2.17. The topological polar surface area (TPSA) is 38.4 Å². The monoisotopic (exact) mass is 278 g/mol. The molecule has 0 aliphatic heterocycles. The molecule has 0 aliphatic carbocycles. The van der Waals surface area contributed by atoms with Crippen LogP contribution in [-0.4, -0.2) is 5.84 Å². The van der Waals surface area contributed by atoms with Crippen molar-refractivity contribution >= 4 is 23.1 Å². The molecule has 0 aliphatic rings. The Hall–Kier alpha value is -1.23. The third kappa shape index (κ3) is 3.63. The van der Waals surface area contributed by atoms with E-state index in [-0.39, 0.29) is 16.5 Å². The summed E-state index contributed by atoms with van der Waals surface area (Å²) < 4.78 is 37.9. The quantitative estimate of drug-likeness (QED) is 0.600. The maximum atomic E-state index is 12.6. The standard InChI is InChI=1S/C12H14ClF3N2/c1-11(2,3)10(17)18-7-4-5-9(13)8(6-7)12(14,15)16/h4-6H,1-3H3,(H2,17,18). The van der Waals surface area contributed by atoms with Crippen LogP contribution in [0.3, 0.4) is 0 Å². The molecule has 0 bridgehead atoms. The highest BCUT2D eigenvalue weighted by atomic mass is 35.5. The van der Waals surface area contributed by atoms with Crippen LogP contribution in [0.15, 0.2) is 23.2 Å². The molecule has 0 fully saturated rings. The number of rotatable bonds is 1. The second-order valence-corrected chi connectivity index (χ2v) is 5.32. The number of halogens is 4. The molecule has 100 valence electrons. The van der Waals surface area contributed by atoms with Crippen molar-refractivity contribution in [3.63, 3.8) is 0 Å². The Bertz CT molecular complexity index is 473. The Morgan fingerprint density at radius 2 is 1.78 bits per heavy atom. The second kappa shape index (κ2) is 4.80. The highest BCUT2D eigenvalue weighted by Gasteiger charge is 2.33. The lowest BCUT2D eigenvalue weighted by Crippen LogP contribution is -2.28. The van der Waals surface area contributed by atoms with Gasteiger partial charge in [0.25, 0.3) is 0 Å². The Morgan fingerprint density at radius 1 is 1.22 bits per heavy atom. The first kappa shape index (κ1) is 14.8. The predicted octanol–water partition coefficient (Wildman–Crippen LogP) is 4.39. The Labute approximate surface area is 109 Å². The summed E-state index contributed by atoms with van der Waals surface area (Å²) in [7, 11) is 0. The molecule has 0 atom stereocenters. The number of alkyl halides is 3. The van der Waals surface area contributed by atoms with Crippen molar-refractivity contribution in [2.75, 3.05) is 0 Å². The van der Waals surface area contributed by atoms with Crippen LogP contribution in [0.4, 0.5) is 18.9 Å². The van der Waals surface area contributed by atoms with E-state index < -0.39 is 17.2 Å². The molecule has 0 aromatic heterocycles. The van der Waals surface area contributed by atoms with Crippen LogP contribution >= 0.6 is 11.6 Å². The third-order valence-electron chi connectivity index (χ3n) is 2.27. The molecule has 6 heteroatoms. The van der Waals surface area contributed by atoms with Crippen molar-refractivity contribution in [1.29, 1.82) is 0 Å². The summed E-state index contributed by atoms with van der Waals surface area (Å²) in [5, 5.41) is -0.351. The van der Waals surface area contributed by atoms with E-state index in [0.29, 0.717) is 0 Å². The molecule has 0 spiro atoms. The molecule has 0 unspecified atom stereocenters. The summed E-state index contributed by atoms with van der Waals surface area (Å²) >= 11 is 5.51. The average molecular weight is 279 g/mol.